The Morgan fingerprint density at radius 3 is 2.60 bits per heavy atom. The largest absolute Gasteiger partial charge is 0.508 e. The number of hydrogen-bond donors (Lipinski definition) is 1. The topological polar surface area (TPSA) is 99.1 Å². The van der Waals surface area contributed by atoms with Gasteiger partial charge < -0.3 is 24.5 Å². The molecule has 42 heavy (non-hydrogen) atoms. The van der Waals surface area contributed by atoms with E-state index >= 15 is 0 Å². The van der Waals surface area contributed by atoms with Crippen molar-refractivity contribution in [1.82, 2.24) is 14.9 Å². The zero-order valence-electron chi connectivity index (χ0n) is 24.0. The number of carbonyl (C=O) groups is 1. The number of fused-ring (bicyclic) bond motifs is 2. The Morgan fingerprint density at radius 2 is 1.83 bits per heavy atom. The number of anilines is 2. The number of carbonyl (C=O) groups excluding carboxylic acids is 1. The van der Waals surface area contributed by atoms with Crippen LogP contribution in [0, 0.1) is 5.92 Å². The van der Waals surface area contributed by atoms with Crippen LogP contribution in [0.5, 0.6) is 11.8 Å². The van der Waals surface area contributed by atoms with Gasteiger partial charge in [0.15, 0.2) is 0 Å². The number of amides is 1. The van der Waals surface area contributed by atoms with Gasteiger partial charge in [-0.05, 0) is 64.5 Å². The van der Waals surface area contributed by atoms with Crippen LogP contribution < -0.4 is 14.5 Å². The molecule has 0 saturated carbocycles. The third-order valence-electron chi connectivity index (χ3n) is 8.81. The first-order chi connectivity index (χ1) is 20.3. The molecule has 0 radical (unpaired) electrons. The van der Waals surface area contributed by atoms with Crippen molar-refractivity contribution in [1.29, 1.82) is 0 Å². The highest BCUT2D eigenvalue weighted by molar-refractivity contribution is 8.00. The van der Waals surface area contributed by atoms with Gasteiger partial charge in [0.1, 0.15) is 11.6 Å². The van der Waals surface area contributed by atoms with Crippen LogP contribution in [0.25, 0.3) is 10.8 Å². The second-order valence-electron chi connectivity index (χ2n) is 11.6. The van der Waals surface area contributed by atoms with Crippen LogP contribution in [0.3, 0.4) is 0 Å². The summed E-state index contributed by atoms with van der Waals surface area (Å²) in [7, 11) is -1.90. The van der Waals surface area contributed by atoms with E-state index < -0.39 is 9.52 Å². The molecule has 0 aliphatic carbocycles. The molecule has 0 atom stereocenters. The predicted molar refractivity (Wildman–Crippen MR) is 169 cm³/mol. The van der Waals surface area contributed by atoms with Crippen molar-refractivity contribution in [2.24, 2.45) is 5.92 Å². The SMILES string of the molecule is C=CC(=O)N1CCN(c2nc(OCCC3CCS(=C)(=O)CC3)nc3c2CCN(c2cc(O)cc4ccccc24)C3)CC1. The number of phenolic OH excluding ortho intramolecular Hbond substituents is 1. The van der Waals surface area contributed by atoms with Gasteiger partial charge in [-0.15, -0.1) is 0 Å². The predicted octanol–water partition coefficient (Wildman–Crippen LogP) is 3.63. The van der Waals surface area contributed by atoms with Crippen LogP contribution in [0.2, 0.25) is 0 Å². The van der Waals surface area contributed by atoms with E-state index in [1.807, 2.05) is 29.2 Å². The van der Waals surface area contributed by atoms with Gasteiger partial charge in [-0.2, -0.15) is 9.97 Å². The summed E-state index contributed by atoms with van der Waals surface area (Å²) >= 11 is 0. The van der Waals surface area contributed by atoms with Gasteiger partial charge in [0.05, 0.1) is 18.8 Å². The van der Waals surface area contributed by atoms with Crippen molar-refractivity contribution in [3.63, 3.8) is 0 Å². The lowest BCUT2D eigenvalue weighted by atomic mass is 10.00. The molecule has 0 bridgehead atoms. The lowest BCUT2D eigenvalue weighted by molar-refractivity contribution is -0.126. The quantitative estimate of drug-likeness (QED) is 0.330. The minimum Gasteiger partial charge on any atom is -0.508 e. The first-order valence-electron chi connectivity index (χ1n) is 14.8. The van der Waals surface area contributed by atoms with Gasteiger partial charge in [0, 0.05) is 66.9 Å². The second kappa shape index (κ2) is 11.8. The summed E-state index contributed by atoms with van der Waals surface area (Å²) < 4.78 is 18.4. The van der Waals surface area contributed by atoms with E-state index in [9.17, 15) is 14.1 Å². The molecule has 2 saturated heterocycles. The molecule has 0 unspecified atom stereocenters. The van der Waals surface area contributed by atoms with Crippen LogP contribution in [0.15, 0.2) is 49.1 Å². The fraction of sp³-hybridized carbons (Fsp3) is 0.438. The summed E-state index contributed by atoms with van der Waals surface area (Å²) in [5.41, 5.74) is 3.02. The molecule has 3 aliphatic heterocycles. The Hall–Kier alpha value is -3.79. The first-order valence-corrected chi connectivity index (χ1v) is 16.8. The highest BCUT2D eigenvalue weighted by Gasteiger charge is 2.29. The highest BCUT2D eigenvalue weighted by atomic mass is 32.2. The number of phenols is 1. The van der Waals surface area contributed by atoms with E-state index in [1.54, 1.807) is 6.07 Å². The maximum Gasteiger partial charge on any atom is 0.318 e. The van der Waals surface area contributed by atoms with Gasteiger partial charge in [0.25, 0.3) is 0 Å². The molecule has 3 aliphatic rings. The number of rotatable bonds is 7. The van der Waals surface area contributed by atoms with E-state index in [1.165, 1.54) is 6.08 Å². The molecule has 1 amide bonds. The van der Waals surface area contributed by atoms with Crippen molar-refractivity contribution in [2.75, 3.05) is 60.6 Å². The maximum absolute atomic E-state index is 12.3. The monoisotopic (exact) mass is 589 g/mol. The van der Waals surface area contributed by atoms with Gasteiger partial charge in [-0.3, -0.25) is 9.00 Å². The van der Waals surface area contributed by atoms with E-state index in [0.29, 0.717) is 62.8 Å². The molecule has 10 heteroatoms. The van der Waals surface area contributed by atoms with Crippen LogP contribution in [-0.4, -0.2) is 86.8 Å². The minimum absolute atomic E-state index is 0.0465. The summed E-state index contributed by atoms with van der Waals surface area (Å²) in [6.07, 6.45) is 4.84. The van der Waals surface area contributed by atoms with E-state index in [4.69, 9.17) is 14.7 Å². The molecule has 2 fully saturated rings. The standard InChI is InChI=1S/C32H39N5O4S/c1-3-30(39)35-13-15-36(16-14-35)31-27-8-12-37(29-21-25(38)20-24-6-4-5-7-26(24)29)22-28(27)33-32(34-31)41-17-9-23-10-18-42(2,40)19-11-23/h3-7,20-21,23,38H,1-2,8-19,22H2. The Morgan fingerprint density at radius 1 is 1.07 bits per heavy atom. The Bertz CT molecular complexity index is 1590. The molecule has 2 aromatic carbocycles. The minimum atomic E-state index is -1.90. The summed E-state index contributed by atoms with van der Waals surface area (Å²) in [5, 5.41) is 12.6. The molecule has 222 valence electrons. The summed E-state index contributed by atoms with van der Waals surface area (Å²) in [4.78, 5) is 28.3. The van der Waals surface area contributed by atoms with Crippen molar-refractivity contribution in [2.45, 2.75) is 32.2 Å². The molecule has 3 aromatic rings. The fourth-order valence-electron chi connectivity index (χ4n) is 6.34. The van der Waals surface area contributed by atoms with Gasteiger partial charge in [-0.25, -0.2) is 0 Å². The van der Waals surface area contributed by atoms with E-state index in [2.05, 4.69) is 28.3 Å². The molecule has 9 nitrogen and oxygen atoms in total. The number of nitrogens with zero attached hydrogens (tertiary/aromatic N) is 5. The van der Waals surface area contributed by atoms with Crippen molar-refractivity contribution >= 4 is 43.6 Å². The van der Waals surface area contributed by atoms with E-state index in [0.717, 1.165) is 65.8 Å². The van der Waals surface area contributed by atoms with Crippen LogP contribution in [0.4, 0.5) is 11.5 Å². The Kier molecular flexibility index (Phi) is 7.98. The second-order valence-corrected chi connectivity index (χ2v) is 14.3. The normalized spacial score (nSPS) is 22.6. The average Bonchev–Trinajstić information content (AvgIpc) is 3.00. The summed E-state index contributed by atoms with van der Waals surface area (Å²) in [5.74, 6) is 6.82. The lowest BCUT2D eigenvalue weighted by Crippen LogP contribution is -2.49. The molecule has 1 aromatic heterocycles. The molecular weight excluding hydrogens is 550 g/mol. The average molecular weight is 590 g/mol. The Labute approximate surface area is 247 Å². The number of benzene rings is 2. The van der Waals surface area contributed by atoms with Crippen LogP contribution in [0.1, 0.15) is 30.5 Å². The highest BCUT2D eigenvalue weighted by Crippen LogP contribution is 2.36. The smallest absolute Gasteiger partial charge is 0.318 e. The van der Waals surface area contributed by atoms with Crippen molar-refractivity contribution in [3.8, 4) is 11.8 Å². The molecule has 1 N–H and O–H groups in total. The lowest BCUT2D eigenvalue weighted by Gasteiger charge is -2.38. The van der Waals surface area contributed by atoms with Crippen LogP contribution >= 0.6 is 0 Å². The van der Waals surface area contributed by atoms with Gasteiger partial charge in [-0.1, -0.05) is 30.8 Å². The maximum atomic E-state index is 12.3. The molecule has 6 rings (SSSR count). The van der Waals surface area contributed by atoms with Crippen molar-refractivity contribution < 1.29 is 18.8 Å². The first kappa shape index (κ1) is 28.3. The molecule has 4 heterocycles. The molecule has 0 spiro atoms. The van der Waals surface area contributed by atoms with Crippen LogP contribution in [-0.2, 0) is 27.3 Å². The third kappa shape index (κ3) is 6.04. The zero-order valence-corrected chi connectivity index (χ0v) is 24.9. The van der Waals surface area contributed by atoms with Gasteiger partial charge in [0.2, 0.25) is 5.91 Å². The summed E-state index contributed by atoms with van der Waals surface area (Å²) in [6, 6.07) is 12.1. The number of aromatic nitrogens is 2. The fourth-order valence-corrected chi connectivity index (χ4v) is 8.07. The van der Waals surface area contributed by atoms with Crippen molar-refractivity contribution in [3.05, 3.63) is 60.3 Å². The summed E-state index contributed by atoms with van der Waals surface area (Å²) in [6.45, 7) is 8.04. The number of hydrogen-bond acceptors (Lipinski definition) is 8. The zero-order chi connectivity index (χ0) is 29.3. The van der Waals surface area contributed by atoms with Gasteiger partial charge >= 0.3 is 6.01 Å². The third-order valence-corrected chi connectivity index (χ3v) is 10.8. The van der Waals surface area contributed by atoms with E-state index in [-0.39, 0.29) is 11.7 Å². The Balaban J connectivity index is 1.25. The number of ether oxygens (including phenoxy) is 1. The number of piperazine rings is 1. The number of aromatic hydroxyl groups is 1. The molecular formula is C32H39N5O4S.